The van der Waals surface area contributed by atoms with E-state index in [0.29, 0.717) is 31.2 Å². The van der Waals surface area contributed by atoms with E-state index in [1.54, 1.807) is 13.2 Å². The van der Waals surface area contributed by atoms with Gasteiger partial charge in [0.05, 0.1) is 7.11 Å². The van der Waals surface area contributed by atoms with Crippen LogP contribution in [-0.4, -0.2) is 44.1 Å². The largest absolute Gasteiger partial charge is 0.493 e. The second kappa shape index (κ2) is 10.5. The third-order valence-electron chi connectivity index (χ3n) is 5.56. The number of nitrogens with zero attached hydrogens (tertiary/aromatic N) is 2. The minimum absolute atomic E-state index is 0.0288. The molecule has 5 heteroatoms. The molecule has 3 aromatic rings. The summed E-state index contributed by atoms with van der Waals surface area (Å²) < 4.78 is 11.4. The summed E-state index contributed by atoms with van der Waals surface area (Å²) in [6.45, 7) is 3.58. The van der Waals surface area contributed by atoms with Crippen molar-refractivity contribution in [2.45, 2.75) is 6.61 Å². The predicted octanol–water partition coefficient (Wildman–Crippen LogP) is 4.64. The van der Waals surface area contributed by atoms with Gasteiger partial charge in [-0.25, -0.2) is 0 Å². The Bertz CT molecular complexity index is 1040. The second-order valence-electron chi connectivity index (χ2n) is 7.67. The number of anilines is 1. The Morgan fingerprint density at radius 1 is 0.875 bits per heavy atom. The van der Waals surface area contributed by atoms with Crippen molar-refractivity contribution in [2.75, 3.05) is 38.2 Å². The number of benzene rings is 3. The van der Waals surface area contributed by atoms with E-state index in [1.807, 2.05) is 77.7 Å². The molecule has 0 radical (unpaired) electrons. The Morgan fingerprint density at radius 2 is 1.56 bits per heavy atom. The first-order valence-electron chi connectivity index (χ1n) is 10.8. The van der Waals surface area contributed by atoms with Crippen molar-refractivity contribution in [3.05, 3.63) is 96.1 Å². The summed E-state index contributed by atoms with van der Waals surface area (Å²) in [5, 5.41) is 0. The molecule has 0 bridgehead atoms. The molecule has 1 saturated heterocycles. The third kappa shape index (κ3) is 5.49. The number of rotatable bonds is 7. The minimum atomic E-state index is 0.0288. The first-order chi connectivity index (χ1) is 15.7. The summed E-state index contributed by atoms with van der Waals surface area (Å²) in [7, 11) is 1.62. The van der Waals surface area contributed by atoms with E-state index in [1.165, 1.54) is 5.69 Å². The Balaban J connectivity index is 1.33. The fraction of sp³-hybridized carbons (Fsp3) is 0.222. The number of carbonyl (C=O) groups excluding carboxylic acids is 1. The second-order valence-corrected chi connectivity index (χ2v) is 7.67. The molecule has 4 rings (SSSR count). The molecule has 0 unspecified atom stereocenters. The molecule has 1 amide bonds. The van der Waals surface area contributed by atoms with Crippen molar-refractivity contribution in [1.29, 1.82) is 0 Å². The number of hydrogen-bond donors (Lipinski definition) is 0. The predicted molar refractivity (Wildman–Crippen MR) is 128 cm³/mol. The van der Waals surface area contributed by atoms with Gasteiger partial charge in [-0.3, -0.25) is 4.79 Å². The van der Waals surface area contributed by atoms with E-state index < -0.39 is 0 Å². The summed E-state index contributed by atoms with van der Waals surface area (Å²) >= 11 is 0. The van der Waals surface area contributed by atoms with Gasteiger partial charge in [-0.05, 0) is 41.5 Å². The standard InChI is InChI=1S/C27H28N2O3/c1-31-26-20-22(12-14-25(26)32-21-23-8-4-2-5-9-23)13-15-27(30)29-18-16-28(17-19-29)24-10-6-3-7-11-24/h2-15,20H,16-19,21H2,1H3/b15-13+. The van der Waals surface area contributed by atoms with Crippen molar-refractivity contribution >= 4 is 17.7 Å². The number of ether oxygens (including phenoxy) is 2. The Kier molecular flexibility index (Phi) is 7.08. The van der Waals surface area contributed by atoms with Crippen LogP contribution in [0.15, 0.2) is 84.9 Å². The summed E-state index contributed by atoms with van der Waals surface area (Å²) in [4.78, 5) is 16.9. The van der Waals surface area contributed by atoms with Crippen molar-refractivity contribution in [3.8, 4) is 11.5 Å². The molecule has 0 saturated carbocycles. The monoisotopic (exact) mass is 428 g/mol. The fourth-order valence-electron chi connectivity index (χ4n) is 3.74. The SMILES string of the molecule is COc1cc(/C=C/C(=O)N2CCN(c3ccccc3)CC2)ccc1OCc1ccccc1. The van der Waals surface area contributed by atoms with Crippen molar-refractivity contribution < 1.29 is 14.3 Å². The van der Waals surface area contributed by atoms with Crippen LogP contribution in [0, 0.1) is 0 Å². The molecule has 32 heavy (non-hydrogen) atoms. The van der Waals surface area contributed by atoms with Crippen LogP contribution < -0.4 is 14.4 Å². The molecule has 1 aliphatic heterocycles. The number of hydrogen-bond acceptors (Lipinski definition) is 4. The molecule has 1 heterocycles. The van der Waals surface area contributed by atoms with Crippen LogP contribution in [0.25, 0.3) is 6.08 Å². The minimum Gasteiger partial charge on any atom is -0.493 e. The van der Waals surface area contributed by atoms with Crippen LogP contribution in [-0.2, 0) is 11.4 Å². The maximum atomic E-state index is 12.7. The van der Waals surface area contributed by atoms with Crippen LogP contribution in [0.4, 0.5) is 5.69 Å². The number of para-hydroxylation sites is 1. The molecule has 0 spiro atoms. The average Bonchev–Trinajstić information content (AvgIpc) is 2.87. The molecule has 1 aliphatic rings. The van der Waals surface area contributed by atoms with Gasteiger partial charge >= 0.3 is 0 Å². The fourth-order valence-corrected chi connectivity index (χ4v) is 3.74. The van der Waals surface area contributed by atoms with Crippen molar-refractivity contribution in [1.82, 2.24) is 4.90 Å². The summed E-state index contributed by atoms with van der Waals surface area (Å²) in [5.41, 5.74) is 3.19. The molecule has 3 aromatic carbocycles. The molecule has 0 atom stereocenters. The van der Waals surface area contributed by atoms with Gasteiger partial charge in [0.25, 0.3) is 0 Å². The number of amides is 1. The zero-order valence-electron chi connectivity index (χ0n) is 18.3. The van der Waals surface area contributed by atoms with E-state index >= 15 is 0 Å². The Labute approximate surface area is 189 Å². The van der Waals surface area contributed by atoms with E-state index in [9.17, 15) is 4.79 Å². The van der Waals surface area contributed by atoms with Crippen molar-refractivity contribution in [2.24, 2.45) is 0 Å². The smallest absolute Gasteiger partial charge is 0.246 e. The normalized spacial score (nSPS) is 13.9. The van der Waals surface area contributed by atoms with E-state index in [2.05, 4.69) is 17.0 Å². The van der Waals surface area contributed by atoms with Gasteiger partial charge in [0.1, 0.15) is 6.61 Å². The topological polar surface area (TPSA) is 42.0 Å². The average molecular weight is 429 g/mol. The highest BCUT2D eigenvalue weighted by Crippen LogP contribution is 2.29. The third-order valence-corrected chi connectivity index (χ3v) is 5.56. The van der Waals surface area contributed by atoms with Gasteiger partial charge < -0.3 is 19.3 Å². The van der Waals surface area contributed by atoms with Crippen LogP contribution in [0.3, 0.4) is 0 Å². The zero-order chi connectivity index (χ0) is 22.2. The number of methoxy groups -OCH3 is 1. The Morgan fingerprint density at radius 3 is 2.25 bits per heavy atom. The number of carbonyl (C=O) groups is 1. The zero-order valence-corrected chi connectivity index (χ0v) is 18.3. The molecular formula is C27H28N2O3. The van der Waals surface area contributed by atoms with Crippen LogP contribution in [0.1, 0.15) is 11.1 Å². The highest BCUT2D eigenvalue weighted by Gasteiger charge is 2.19. The van der Waals surface area contributed by atoms with Gasteiger partial charge in [0.15, 0.2) is 11.5 Å². The molecule has 0 N–H and O–H groups in total. The van der Waals surface area contributed by atoms with E-state index in [4.69, 9.17) is 9.47 Å². The highest BCUT2D eigenvalue weighted by atomic mass is 16.5. The van der Waals surface area contributed by atoms with E-state index in [-0.39, 0.29) is 5.91 Å². The van der Waals surface area contributed by atoms with E-state index in [0.717, 1.165) is 24.2 Å². The molecule has 0 aliphatic carbocycles. The maximum Gasteiger partial charge on any atom is 0.246 e. The van der Waals surface area contributed by atoms with Gasteiger partial charge in [-0.2, -0.15) is 0 Å². The lowest BCUT2D eigenvalue weighted by Gasteiger charge is -2.35. The van der Waals surface area contributed by atoms with Crippen LogP contribution in [0.5, 0.6) is 11.5 Å². The maximum absolute atomic E-state index is 12.7. The lowest BCUT2D eigenvalue weighted by molar-refractivity contribution is -0.126. The molecule has 1 fully saturated rings. The van der Waals surface area contributed by atoms with Crippen molar-refractivity contribution in [3.63, 3.8) is 0 Å². The summed E-state index contributed by atoms with van der Waals surface area (Å²) in [6, 6.07) is 26.0. The van der Waals surface area contributed by atoms with Crippen LogP contribution in [0.2, 0.25) is 0 Å². The lowest BCUT2D eigenvalue weighted by atomic mass is 10.1. The first kappa shape index (κ1) is 21.5. The highest BCUT2D eigenvalue weighted by molar-refractivity contribution is 5.92. The molecule has 5 nitrogen and oxygen atoms in total. The van der Waals surface area contributed by atoms with Gasteiger partial charge in [0.2, 0.25) is 5.91 Å². The summed E-state index contributed by atoms with van der Waals surface area (Å²) in [5.74, 6) is 1.35. The van der Waals surface area contributed by atoms with Crippen LogP contribution >= 0.6 is 0 Å². The number of piperazine rings is 1. The van der Waals surface area contributed by atoms with Gasteiger partial charge in [0, 0.05) is 37.9 Å². The first-order valence-corrected chi connectivity index (χ1v) is 10.8. The Hall–Kier alpha value is -3.73. The summed E-state index contributed by atoms with van der Waals surface area (Å²) in [6.07, 6.45) is 3.47. The molecule has 0 aromatic heterocycles. The van der Waals surface area contributed by atoms with Gasteiger partial charge in [-0.15, -0.1) is 0 Å². The lowest BCUT2D eigenvalue weighted by Crippen LogP contribution is -2.48. The quantitative estimate of drug-likeness (QED) is 0.515. The molecule has 164 valence electrons. The molecular weight excluding hydrogens is 400 g/mol. The van der Waals surface area contributed by atoms with Gasteiger partial charge in [-0.1, -0.05) is 54.6 Å².